The number of hydrogen-bond acceptors (Lipinski definition) is 5. The van der Waals surface area contributed by atoms with Crippen LogP contribution in [0.5, 0.6) is 0 Å². The van der Waals surface area contributed by atoms with Crippen molar-refractivity contribution in [1.29, 1.82) is 5.26 Å². The van der Waals surface area contributed by atoms with Gasteiger partial charge in [0.15, 0.2) is 0 Å². The molecule has 0 bridgehead atoms. The molecule has 0 aliphatic heterocycles. The summed E-state index contributed by atoms with van der Waals surface area (Å²) in [7, 11) is 0. The molecule has 0 atom stereocenters. The lowest BCUT2D eigenvalue weighted by Gasteiger charge is -2.06. The number of carbonyl (C=O) groups excluding carboxylic acids is 1. The number of carbonyl (C=O) groups is 1. The molecule has 0 saturated carbocycles. The maximum Gasteiger partial charge on any atom is 0.225 e. The van der Waals surface area contributed by atoms with Gasteiger partial charge in [0.25, 0.3) is 0 Å². The molecular weight excluding hydrogens is 377 g/mol. The molecule has 6 nitrogen and oxygen atoms in total. The molecule has 138 valence electrons. The van der Waals surface area contributed by atoms with Crippen LogP contribution in [0.4, 0.5) is 10.1 Å². The number of rotatable bonds is 5. The van der Waals surface area contributed by atoms with Crippen molar-refractivity contribution in [2.45, 2.75) is 11.4 Å². The van der Waals surface area contributed by atoms with Crippen LogP contribution in [0.3, 0.4) is 0 Å². The molecule has 0 aliphatic carbocycles. The van der Waals surface area contributed by atoms with E-state index in [1.54, 1.807) is 36.5 Å². The third-order valence-corrected chi connectivity index (χ3v) is 5.21. The fourth-order valence-electron chi connectivity index (χ4n) is 2.92. The molecule has 2 aromatic carbocycles. The lowest BCUT2D eigenvalue weighted by Crippen LogP contribution is -2.13. The number of anilines is 1. The number of fused-ring (bicyclic) bond motifs is 3. The zero-order chi connectivity index (χ0) is 19.5. The van der Waals surface area contributed by atoms with E-state index in [0.29, 0.717) is 22.0 Å². The van der Waals surface area contributed by atoms with E-state index in [1.165, 1.54) is 23.9 Å². The molecular formula is C20H14FN5OS. The summed E-state index contributed by atoms with van der Waals surface area (Å²) in [5.74, 6) is -0.0132. The first-order valence-electron chi connectivity index (χ1n) is 8.50. The van der Waals surface area contributed by atoms with Crippen LogP contribution in [0.15, 0.2) is 53.7 Å². The molecule has 0 aliphatic rings. The van der Waals surface area contributed by atoms with E-state index in [9.17, 15) is 9.18 Å². The van der Waals surface area contributed by atoms with E-state index in [2.05, 4.69) is 26.6 Å². The number of para-hydroxylation sites is 1. The average molecular weight is 391 g/mol. The third kappa shape index (κ3) is 3.52. The van der Waals surface area contributed by atoms with Gasteiger partial charge in [-0.15, -0.1) is 16.9 Å². The first-order chi connectivity index (χ1) is 13.7. The van der Waals surface area contributed by atoms with Gasteiger partial charge in [0.05, 0.1) is 23.0 Å². The quantitative estimate of drug-likeness (QED) is 0.496. The van der Waals surface area contributed by atoms with Crippen molar-refractivity contribution >= 4 is 45.2 Å². The Morgan fingerprint density at radius 2 is 2.11 bits per heavy atom. The summed E-state index contributed by atoms with van der Waals surface area (Å²) >= 11 is 1.39. The fraction of sp³-hybridized carbons (Fsp3) is 0.100. The molecule has 0 unspecified atom stereocenters. The number of benzene rings is 2. The number of nitriles is 1. The molecule has 1 amide bonds. The van der Waals surface area contributed by atoms with E-state index in [4.69, 9.17) is 5.26 Å². The normalized spacial score (nSPS) is 10.9. The molecule has 2 aromatic heterocycles. The highest BCUT2D eigenvalue weighted by Crippen LogP contribution is 2.31. The number of hydrogen-bond donors (Lipinski definition) is 2. The van der Waals surface area contributed by atoms with E-state index in [1.807, 2.05) is 0 Å². The Morgan fingerprint density at radius 1 is 1.25 bits per heavy atom. The SMILES string of the molecule is N#Cc1ccccc1NC(=O)CCSc1nncc2c1[nH]c1ccc(F)cc12. The molecule has 28 heavy (non-hydrogen) atoms. The minimum atomic E-state index is -0.311. The Morgan fingerprint density at radius 3 is 2.96 bits per heavy atom. The summed E-state index contributed by atoms with van der Waals surface area (Å²) in [6.45, 7) is 0. The largest absolute Gasteiger partial charge is 0.352 e. The summed E-state index contributed by atoms with van der Waals surface area (Å²) in [6.07, 6.45) is 1.85. The van der Waals surface area contributed by atoms with Gasteiger partial charge in [0.1, 0.15) is 16.9 Å². The van der Waals surface area contributed by atoms with Crippen LogP contribution in [0.25, 0.3) is 21.8 Å². The van der Waals surface area contributed by atoms with Gasteiger partial charge in [-0.3, -0.25) is 4.79 Å². The van der Waals surface area contributed by atoms with Crippen molar-refractivity contribution in [3.05, 3.63) is 60.0 Å². The Labute approximate surface area is 163 Å². The monoisotopic (exact) mass is 391 g/mol. The van der Waals surface area contributed by atoms with Gasteiger partial charge < -0.3 is 10.3 Å². The molecule has 4 aromatic rings. The number of nitrogens with zero attached hydrogens (tertiary/aromatic N) is 3. The number of halogens is 1. The summed E-state index contributed by atoms with van der Waals surface area (Å²) in [5, 5.41) is 22.2. The fourth-order valence-corrected chi connectivity index (χ4v) is 3.81. The van der Waals surface area contributed by atoms with Crippen LogP contribution in [-0.2, 0) is 4.79 Å². The molecule has 4 rings (SSSR count). The second-order valence-corrected chi connectivity index (χ2v) is 7.14. The van der Waals surface area contributed by atoms with Gasteiger partial charge >= 0.3 is 0 Å². The zero-order valence-corrected chi connectivity index (χ0v) is 15.4. The Balaban J connectivity index is 1.46. The minimum Gasteiger partial charge on any atom is -0.352 e. The molecule has 2 N–H and O–H groups in total. The highest BCUT2D eigenvalue weighted by molar-refractivity contribution is 7.99. The van der Waals surface area contributed by atoms with Gasteiger partial charge in [-0.1, -0.05) is 12.1 Å². The van der Waals surface area contributed by atoms with Crippen LogP contribution in [-0.4, -0.2) is 26.8 Å². The minimum absolute atomic E-state index is 0.186. The van der Waals surface area contributed by atoms with Crippen molar-refractivity contribution in [1.82, 2.24) is 15.2 Å². The van der Waals surface area contributed by atoms with Crippen molar-refractivity contribution in [2.75, 3.05) is 11.1 Å². The van der Waals surface area contributed by atoms with Gasteiger partial charge in [0.2, 0.25) is 5.91 Å². The number of amides is 1. The second-order valence-electron chi connectivity index (χ2n) is 6.06. The number of thioether (sulfide) groups is 1. The van der Waals surface area contributed by atoms with Crippen LogP contribution < -0.4 is 5.32 Å². The maximum absolute atomic E-state index is 13.5. The second kappa shape index (κ2) is 7.66. The summed E-state index contributed by atoms with van der Waals surface area (Å²) in [4.78, 5) is 15.4. The van der Waals surface area contributed by atoms with Crippen LogP contribution in [0, 0.1) is 17.1 Å². The van der Waals surface area contributed by atoms with Crippen molar-refractivity contribution in [2.24, 2.45) is 0 Å². The number of nitrogens with one attached hydrogen (secondary N) is 2. The molecule has 2 heterocycles. The van der Waals surface area contributed by atoms with Crippen LogP contribution in [0.1, 0.15) is 12.0 Å². The smallest absolute Gasteiger partial charge is 0.225 e. The van der Waals surface area contributed by atoms with E-state index in [0.717, 1.165) is 21.8 Å². The molecule has 0 saturated heterocycles. The lowest BCUT2D eigenvalue weighted by atomic mass is 10.2. The maximum atomic E-state index is 13.5. The summed E-state index contributed by atoms with van der Waals surface area (Å²) < 4.78 is 13.5. The first kappa shape index (κ1) is 17.9. The summed E-state index contributed by atoms with van der Waals surface area (Å²) in [6, 6.07) is 13.4. The van der Waals surface area contributed by atoms with Crippen molar-refractivity contribution in [3.63, 3.8) is 0 Å². The molecule has 0 spiro atoms. The van der Waals surface area contributed by atoms with Crippen LogP contribution in [0.2, 0.25) is 0 Å². The third-order valence-electron chi connectivity index (χ3n) is 4.24. The van der Waals surface area contributed by atoms with Gasteiger partial charge in [-0.2, -0.15) is 10.4 Å². The first-order valence-corrected chi connectivity index (χ1v) is 9.48. The van der Waals surface area contributed by atoms with Crippen molar-refractivity contribution in [3.8, 4) is 6.07 Å². The average Bonchev–Trinajstić information content (AvgIpc) is 3.07. The lowest BCUT2D eigenvalue weighted by molar-refractivity contribution is -0.115. The predicted molar refractivity (Wildman–Crippen MR) is 106 cm³/mol. The van der Waals surface area contributed by atoms with E-state index in [-0.39, 0.29) is 18.1 Å². The predicted octanol–water partition coefficient (Wildman–Crippen LogP) is 4.24. The standard InChI is InChI=1S/C20H14FN5OS/c21-13-5-6-17-14(9-13)15-11-23-26-20(19(15)25-17)28-8-7-18(27)24-16-4-2-1-3-12(16)10-22/h1-6,9,11,25H,7-8H2,(H,24,27). The van der Waals surface area contributed by atoms with E-state index < -0.39 is 0 Å². The van der Waals surface area contributed by atoms with Crippen LogP contribution >= 0.6 is 11.8 Å². The number of aromatic nitrogens is 3. The van der Waals surface area contributed by atoms with E-state index >= 15 is 0 Å². The molecule has 0 radical (unpaired) electrons. The Kier molecular flexibility index (Phi) is 4.91. The van der Waals surface area contributed by atoms with Gasteiger partial charge in [-0.25, -0.2) is 4.39 Å². The van der Waals surface area contributed by atoms with Gasteiger partial charge in [-0.05, 0) is 30.3 Å². The van der Waals surface area contributed by atoms with Crippen molar-refractivity contribution < 1.29 is 9.18 Å². The van der Waals surface area contributed by atoms with Gasteiger partial charge in [0, 0.05) is 28.5 Å². The topological polar surface area (TPSA) is 94.5 Å². The zero-order valence-electron chi connectivity index (χ0n) is 14.6. The molecule has 8 heteroatoms. The number of aromatic amines is 1. The molecule has 0 fully saturated rings. The highest BCUT2D eigenvalue weighted by atomic mass is 32.2. The highest BCUT2D eigenvalue weighted by Gasteiger charge is 2.12. The number of H-pyrrole nitrogens is 1. The Hall–Kier alpha value is -3.44. The summed E-state index contributed by atoms with van der Waals surface area (Å²) in [5.41, 5.74) is 2.50. The Bertz CT molecular complexity index is 1230.